The second kappa shape index (κ2) is 4.75. The Kier molecular flexibility index (Phi) is 3.39. The van der Waals surface area contributed by atoms with Crippen molar-refractivity contribution in [3.8, 4) is 0 Å². The van der Waals surface area contributed by atoms with Gasteiger partial charge in [-0.1, -0.05) is 6.42 Å². The molecule has 6 atom stereocenters. The van der Waals surface area contributed by atoms with E-state index in [2.05, 4.69) is 0 Å². The zero-order valence-corrected chi connectivity index (χ0v) is 10.8. The molecule has 2 bridgehead atoms. The molecule has 3 fully saturated rings. The van der Waals surface area contributed by atoms with Gasteiger partial charge < -0.3 is 20.1 Å². The van der Waals surface area contributed by atoms with Crippen LogP contribution in [-0.2, 0) is 4.74 Å². The first-order valence-electron chi connectivity index (χ1n) is 7.29. The van der Waals surface area contributed by atoms with E-state index in [0.29, 0.717) is 31.3 Å². The normalized spacial score (nSPS) is 51.8. The van der Waals surface area contributed by atoms with E-state index in [0.717, 1.165) is 25.7 Å². The Hall–Kier alpha value is -0.160. The van der Waals surface area contributed by atoms with Gasteiger partial charge in [0.05, 0.1) is 30.5 Å². The number of rotatable bonds is 3. The highest BCUT2D eigenvalue weighted by Gasteiger charge is 2.51. The molecule has 3 rings (SSSR count). The number of fused-ring (bicyclic) bond motifs is 2. The Morgan fingerprint density at radius 3 is 2.06 bits per heavy atom. The minimum atomic E-state index is -0.660. The van der Waals surface area contributed by atoms with E-state index in [1.54, 1.807) is 0 Å². The van der Waals surface area contributed by atoms with Crippen LogP contribution in [0.4, 0.5) is 0 Å². The second-order valence-corrected chi connectivity index (χ2v) is 6.43. The van der Waals surface area contributed by atoms with E-state index in [4.69, 9.17) is 4.74 Å². The summed E-state index contributed by atoms with van der Waals surface area (Å²) >= 11 is 0. The number of aliphatic hydroxyl groups excluding tert-OH is 2. The van der Waals surface area contributed by atoms with Gasteiger partial charge in [0.1, 0.15) is 0 Å². The summed E-state index contributed by atoms with van der Waals surface area (Å²) in [6, 6.07) is 0. The maximum absolute atomic E-state index is 10.8. The van der Waals surface area contributed by atoms with Crippen molar-refractivity contribution in [2.45, 2.75) is 68.9 Å². The van der Waals surface area contributed by atoms with Crippen LogP contribution in [0, 0.1) is 11.8 Å². The first-order chi connectivity index (χ1) is 8.59. The standard InChI is InChI=1S/C14H24O4/c15-12-6-11(7-13(12)16)18-8-14(17)9-2-1-3-10(14)5-4-9/h9-13,15-17H,1-8H2/t9-,10?,11-,12-,13+,14+/m1/s1. The molecule has 18 heavy (non-hydrogen) atoms. The third-order valence-corrected chi connectivity index (χ3v) is 5.39. The summed E-state index contributed by atoms with van der Waals surface area (Å²) in [5.41, 5.74) is -0.642. The lowest BCUT2D eigenvalue weighted by Gasteiger charge is -2.39. The fourth-order valence-corrected chi connectivity index (χ4v) is 4.21. The fraction of sp³-hybridized carbons (Fsp3) is 1.00. The van der Waals surface area contributed by atoms with Crippen molar-refractivity contribution in [1.29, 1.82) is 0 Å². The molecule has 0 heterocycles. The minimum absolute atomic E-state index is 0.0969. The topological polar surface area (TPSA) is 69.9 Å². The lowest BCUT2D eigenvalue weighted by Crippen LogP contribution is -2.47. The molecule has 3 saturated carbocycles. The number of hydrogen-bond acceptors (Lipinski definition) is 4. The predicted molar refractivity (Wildman–Crippen MR) is 66.0 cm³/mol. The summed E-state index contributed by atoms with van der Waals surface area (Å²) in [5, 5.41) is 29.8. The van der Waals surface area contributed by atoms with Gasteiger partial charge in [-0.25, -0.2) is 0 Å². The Labute approximate surface area is 108 Å². The average molecular weight is 256 g/mol. The SMILES string of the molecule is O[C@@H]1C[C@@H](OC[C@@]2(O)C3CCC[C@@H]2CC3)C[C@@H]1O. The molecule has 0 saturated heterocycles. The van der Waals surface area contributed by atoms with E-state index >= 15 is 0 Å². The van der Waals surface area contributed by atoms with Gasteiger partial charge >= 0.3 is 0 Å². The smallest absolute Gasteiger partial charge is 0.0936 e. The monoisotopic (exact) mass is 256 g/mol. The molecule has 0 aliphatic heterocycles. The average Bonchev–Trinajstić information content (AvgIpc) is 2.72. The van der Waals surface area contributed by atoms with Crippen LogP contribution in [0.3, 0.4) is 0 Å². The Bertz CT molecular complexity index is 280. The fourth-order valence-electron chi connectivity index (χ4n) is 4.21. The van der Waals surface area contributed by atoms with Crippen molar-refractivity contribution in [3.63, 3.8) is 0 Å². The van der Waals surface area contributed by atoms with Crippen LogP contribution >= 0.6 is 0 Å². The van der Waals surface area contributed by atoms with E-state index in [1.165, 1.54) is 6.42 Å². The van der Waals surface area contributed by atoms with Crippen LogP contribution in [0.1, 0.15) is 44.9 Å². The molecule has 3 aliphatic rings. The zero-order valence-electron chi connectivity index (χ0n) is 10.8. The molecular formula is C14H24O4. The molecule has 0 aromatic heterocycles. The van der Waals surface area contributed by atoms with E-state index in [1.807, 2.05) is 0 Å². The number of aliphatic hydroxyl groups is 3. The highest BCUT2D eigenvalue weighted by atomic mass is 16.5. The van der Waals surface area contributed by atoms with E-state index in [-0.39, 0.29) is 6.10 Å². The van der Waals surface area contributed by atoms with Crippen LogP contribution in [0.2, 0.25) is 0 Å². The van der Waals surface area contributed by atoms with Crippen LogP contribution in [0.5, 0.6) is 0 Å². The molecule has 0 spiro atoms. The van der Waals surface area contributed by atoms with Gasteiger partial charge in [-0.2, -0.15) is 0 Å². The Morgan fingerprint density at radius 1 is 0.944 bits per heavy atom. The molecule has 0 radical (unpaired) electrons. The zero-order chi connectivity index (χ0) is 12.8. The van der Waals surface area contributed by atoms with Crippen molar-refractivity contribution >= 4 is 0 Å². The summed E-state index contributed by atoms with van der Waals surface area (Å²) in [4.78, 5) is 0. The van der Waals surface area contributed by atoms with Gasteiger partial charge in [-0.05, 0) is 37.5 Å². The summed E-state index contributed by atoms with van der Waals surface area (Å²) < 4.78 is 5.80. The molecule has 0 aromatic carbocycles. The molecule has 3 aliphatic carbocycles. The molecule has 0 amide bonds. The molecule has 4 heteroatoms. The molecule has 1 unspecified atom stereocenters. The maximum Gasteiger partial charge on any atom is 0.0936 e. The predicted octanol–water partition coefficient (Wildman–Crippen LogP) is 0.828. The van der Waals surface area contributed by atoms with Crippen molar-refractivity contribution in [1.82, 2.24) is 0 Å². The highest BCUT2D eigenvalue weighted by molar-refractivity contribution is 5.01. The highest BCUT2D eigenvalue weighted by Crippen LogP contribution is 2.50. The molecule has 4 nitrogen and oxygen atoms in total. The van der Waals surface area contributed by atoms with Gasteiger partial charge in [0.2, 0.25) is 0 Å². The Balaban J connectivity index is 1.57. The second-order valence-electron chi connectivity index (χ2n) is 6.43. The largest absolute Gasteiger partial charge is 0.390 e. The van der Waals surface area contributed by atoms with Crippen molar-refractivity contribution in [3.05, 3.63) is 0 Å². The third kappa shape index (κ3) is 2.09. The van der Waals surface area contributed by atoms with Gasteiger partial charge in [0.15, 0.2) is 0 Å². The van der Waals surface area contributed by atoms with Crippen LogP contribution in [0.15, 0.2) is 0 Å². The summed E-state index contributed by atoms with van der Waals surface area (Å²) in [6.07, 6.45) is 5.29. The van der Waals surface area contributed by atoms with Crippen molar-refractivity contribution in [2.24, 2.45) is 11.8 Å². The summed E-state index contributed by atoms with van der Waals surface area (Å²) in [5.74, 6) is 0.792. The van der Waals surface area contributed by atoms with Crippen LogP contribution in [-0.4, -0.2) is 45.8 Å². The van der Waals surface area contributed by atoms with Gasteiger partial charge in [-0.15, -0.1) is 0 Å². The molecule has 3 N–H and O–H groups in total. The van der Waals surface area contributed by atoms with E-state index in [9.17, 15) is 15.3 Å². The van der Waals surface area contributed by atoms with Crippen molar-refractivity contribution < 1.29 is 20.1 Å². The first kappa shape index (κ1) is 12.9. The lowest BCUT2D eigenvalue weighted by atomic mass is 9.75. The van der Waals surface area contributed by atoms with Gasteiger partial charge in [0, 0.05) is 12.8 Å². The number of ether oxygens (including phenoxy) is 1. The number of hydrogen-bond donors (Lipinski definition) is 3. The third-order valence-electron chi connectivity index (χ3n) is 5.39. The quantitative estimate of drug-likeness (QED) is 0.699. The Morgan fingerprint density at radius 2 is 1.50 bits per heavy atom. The first-order valence-corrected chi connectivity index (χ1v) is 7.29. The molecule has 0 aromatic rings. The van der Waals surface area contributed by atoms with Crippen LogP contribution < -0.4 is 0 Å². The maximum atomic E-state index is 10.8. The van der Waals surface area contributed by atoms with Gasteiger partial charge in [-0.3, -0.25) is 0 Å². The molecular weight excluding hydrogens is 232 g/mol. The summed E-state index contributed by atoms with van der Waals surface area (Å²) in [6.45, 7) is 0.381. The minimum Gasteiger partial charge on any atom is -0.390 e. The van der Waals surface area contributed by atoms with Gasteiger partial charge in [0.25, 0.3) is 0 Å². The lowest BCUT2D eigenvalue weighted by molar-refractivity contribution is -0.130. The van der Waals surface area contributed by atoms with Crippen molar-refractivity contribution in [2.75, 3.05) is 6.61 Å². The van der Waals surface area contributed by atoms with E-state index < -0.39 is 17.8 Å². The summed E-state index contributed by atoms with van der Waals surface area (Å²) in [7, 11) is 0. The molecule has 104 valence electrons. The van der Waals surface area contributed by atoms with Crippen LogP contribution in [0.25, 0.3) is 0 Å².